The van der Waals surface area contributed by atoms with Crippen molar-refractivity contribution >= 4 is 58.7 Å². The lowest BCUT2D eigenvalue weighted by atomic mass is 10.0. The number of hydrogen-bond donors (Lipinski definition) is 2. The lowest BCUT2D eigenvalue weighted by molar-refractivity contribution is -0.147. The average Bonchev–Trinajstić information content (AvgIpc) is 3.11. The molecule has 1 atom stereocenters. The van der Waals surface area contributed by atoms with E-state index in [1.165, 1.54) is 11.9 Å². The van der Waals surface area contributed by atoms with Crippen LogP contribution in [0.25, 0.3) is 11.1 Å². The van der Waals surface area contributed by atoms with Gasteiger partial charge in [-0.15, -0.1) is 0 Å². The Hall–Kier alpha value is -5.52. The number of ketones is 1. The molecule has 4 aromatic carbocycles. The Bertz CT molecular complexity index is 1990. The van der Waals surface area contributed by atoms with Crippen LogP contribution in [0.1, 0.15) is 65.5 Å². The van der Waals surface area contributed by atoms with E-state index in [2.05, 4.69) is 10.3 Å². The number of carbonyl (C=O) groups excluding carboxylic acids is 5. The third-order valence-corrected chi connectivity index (χ3v) is 8.45. The summed E-state index contributed by atoms with van der Waals surface area (Å²) >= 11 is 13.1. The number of aliphatic imine (C=N–C) groups is 1. The fourth-order valence-electron chi connectivity index (χ4n) is 5.30. The molecule has 13 heteroatoms. The van der Waals surface area contributed by atoms with Crippen LogP contribution in [0.15, 0.2) is 102 Å². The number of nitrogens with zero attached hydrogens (tertiary/aromatic N) is 2. The normalized spacial score (nSPS) is 12.0. The Labute approximate surface area is 324 Å². The number of nitrogens with two attached hydrogens (primary N) is 1. The van der Waals surface area contributed by atoms with E-state index in [1.54, 1.807) is 81.4 Å². The topological polar surface area (TPSA) is 157 Å². The van der Waals surface area contributed by atoms with Gasteiger partial charge in [-0.1, -0.05) is 96.0 Å². The molecular weight excluding hydrogens is 731 g/mol. The van der Waals surface area contributed by atoms with E-state index in [0.29, 0.717) is 11.1 Å². The number of benzene rings is 4. The lowest BCUT2D eigenvalue weighted by Crippen LogP contribution is -2.42. The van der Waals surface area contributed by atoms with E-state index < -0.39 is 35.5 Å². The summed E-state index contributed by atoms with van der Waals surface area (Å²) in [4.78, 5) is 70.3. The molecule has 0 aliphatic carbocycles. The largest absolute Gasteiger partial charge is 0.459 e. The Morgan fingerprint density at radius 3 is 2.07 bits per heavy atom. The minimum absolute atomic E-state index is 0.00932. The Morgan fingerprint density at radius 2 is 1.44 bits per heavy atom. The van der Waals surface area contributed by atoms with Crippen molar-refractivity contribution in [1.82, 2.24) is 10.2 Å². The number of halogens is 2. The maximum Gasteiger partial charge on any atom is 0.435 e. The van der Waals surface area contributed by atoms with Gasteiger partial charge in [-0.05, 0) is 73.7 Å². The van der Waals surface area contributed by atoms with E-state index in [9.17, 15) is 24.0 Å². The third kappa shape index (κ3) is 12.6. The van der Waals surface area contributed by atoms with Crippen molar-refractivity contribution in [3.05, 3.63) is 129 Å². The first kappa shape index (κ1) is 41.2. The van der Waals surface area contributed by atoms with E-state index in [0.717, 1.165) is 11.1 Å². The van der Waals surface area contributed by atoms with Gasteiger partial charge in [0.2, 0.25) is 0 Å². The number of carbonyl (C=O) groups is 5. The number of Topliss-reactive ketones (excluding diaryl/α,β-unsaturated/α-hetero) is 1. The molecule has 0 bridgehead atoms. The van der Waals surface area contributed by atoms with Gasteiger partial charge < -0.3 is 25.4 Å². The van der Waals surface area contributed by atoms with Crippen molar-refractivity contribution in [2.24, 2.45) is 10.7 Å². The second-order valence-electron chi connectivity index (χ2n) is 13.5. The van der Waals surface area contributed by atoms with Crippen molar-refractivity contribution in [2.45, 2.75) is 58.3 Å². The first-order chi connectivity index (χ1) is 25.6. The van der Waals surface area contributed by atoms with E-state index >= 15 is 0 Å². The number of likely N-dealkylation sites (N-methyl/N-ethyl adjacent to an activating group) is 1. The van der Waals surface area contributed by atoms with Crippen molar-refractivity contribution in [2.75, 3.05) is 13.6 Å². The summed E-state index contributed by atoms with van der Waals surface area (Å²) in [6.07, 6.45) is -1.02. The molecular formula is C41H42Cl2N4O7. The fraction of sp³-hybridized carbons (Fsp3) is 0.268. The zero-order valence-corrected chi connectivity index (χ0v) is 31.9. The number of nitrogens with one attached hydrogen (secondary N) is 1. The Balaban J connectivity index is 1.42. The summed E-state index contributed by atoms with van der Waals surface area (Å²) in [5.74, 6) is -2.28. The minimum Gasteiger partial charge on any atom is -0.459 e. The molecule has 0 saturated carbocycles. The molecule has 0 aliphatic rings. The van der Waals surface area contributed by atoms with Crippen LogP contribution in [0, 0.1) is 0 Å². The molecule has 4 aromatic rings. The summed E-state index contributed by atoms with van der Waals surface area (Å²) < 4.78 is 10.7. The van der Waals surface area contributed by atoms with Gasteiger partial charge in [0.1, 0.15) is 24.1 Å². The molecule has 4 rings (SSSR count). The van der Waals surface area contributed by atoms with Gasteiger partial charge in [0.25, 0.3) is 11.8 Å². The first-order valence-corrected chi connectivity index (χ1v) is 17.8. The van der Waals surface area contributed by atoms with Gasteiger partial charge in [0, 0.05) is 25.5 Å². The van der Waals surface area contributed by atoms with Crippen LogP contribution in [-0.2, 0) is 32.1 Å². The second-order valence-corrected chi connectivity index (χ2v) is 14.3. The number of rotatable bonds is 14. The van der Waals surface area contributed by atoms with Crippen LogP contribution in [0.3, 0.4) is 0 Å². The number of ether oxygens (including phenoxy) is 2. The van der Waals surface area contributed by atoms with Gasteiger partial charge in [0.05, 0.1) is 22.2 Å². The molecule has 0 radical (unpaired) electrons. The van der Waals surface area contributed by atoms with Crippen LogP contribution < -0.4 is 11.1 Å². The molecule has 11 nitrogen and oxygen atoms in total. The van der Waals surface area contributed by atoms with Gasteiger partial charge in [-0.3, -0.25) is 14.4 Å². The van der Waals surface area contributed by atoms with Gasteiger partial charge in [0.15, 0.2) is 5.78 Å². The third-order valence-electron chi connectivity index (χ3n) is 7.85. The summed E-state index contributed by atoms with van der Waals surface area (Å²) in [6, 6.07) is 26.9. The van der Waals surface area contributed by atoms with Crippen molar-refractivity contribution in [3.63, 3.8) is 0 Å². The van der Waals surface area contributed by atoms with Crippen molar-refractivity contribution < 1.29 is 33.4 Å². The van der Waals surface area contributed by atoms with Gasteiger partial charge in [-0.25, -0.2) is 9.59 Å². The Morgan fingerprint density at radius 1 is 0.833 bits per heavy atom. The SMILES string of the molecule is CN(CC(=O)CC[C@H](NC(=O)c1c(Cl)cc(-c2ccccc2)cc1Cl)C(=O)OCc1ccccc1)C(=O)c1cccc(CC(N)=NC(=O)OC(C)(C)C)c1. The van der Waals surface area contributed by atoms with Crippen molar-refractivity contribution in [1.29, 1.82) is 0 Å². The molecule has 0 aromatic heterocycles. The first-order valence-electron chi connectivity index (χ1n) is 17.1. The maximum absolute atomic E-state index is 13.5. The zero-order chi connectivity index (χ0) is 39.4. The maximum atomic E-state index is 13.5. The predicted octanol–water partition coefficient (Wildman–Crippen LogP) is 7.46. The zero-order valence-electron chi connectivity index (χ0n) is 30.4. The molecule has 54 heavy (non-hydrogen) atoms. The van der Waals surface area contributed by atoms with E-state index in [-0.39, 0.29) is 65.2 Å². The number of amidine groups is 1. The standard InChI is InChI=1S/C41H42Cl2N4O7/c1-41(2,3)54-40(52)46-35(44)21-27-14-11-17-29(20-27)38(50)47(4)24-31(48)18-19-34(39(51)53-25-26-12-7-5-8-13-26)45-37(49)36-32(42)22-30(23-33(36)43)28-15-9-6-10-16-28/h5-17,20,22-23,34H,18-19,21,24-25H2,1-4H3,(H,45,49)(H2,44,46,52)/t34-/m0/s1. The highest BCUT2D eigenvalue weighted by molar-refractivity contribution is 6.40. The molecule has 0 saturated heterocycles. The monoisotopic (exact) mass is 772 g/mol. The molecule has 0 aliphatic heterocycles. The van der Waals surface area contributed by atoms with Crippen LogP contribution in [0.2, 0.25) is 10.0 Å². The van der Waals surface area contributed by atoms with E-state index in [1.807, 2.05) is 36.4 Å². The molecule has 3 amide bonds. The molecule has 3 N–H and O–H groups in total. The quantitative estimate of drug-likeness (QED) is 0.0760. The Kier molecular flexibility index (Phi) is 14.5. The van der Waals surface area contributed by atoms with Crippen LogP contribution in [-0.4, -0.2) is 65.6 Å². The number of hydrogen-bond acceptors (Lipinski definition) is 7. The molecule has 0 fully saturated rings. The van der Waals surface area contributed by atoms with Gasteiger partial charge >= 0.3 is 12.1 Å². The number of esters is 1. The molecule has 282 valence electrons. The summed E-state index contributed by atoms with van der Waals surface area (Å²) in [5, 5.41) is 2.80. The summed E-state index contributed by atoms with van der Waals surface area (Å²) in [5.41, 5.74) is 8.37. The highest BCUT2D eigenvalue weighted by Gasteiger charge is 2.27. The van der Waals surface area contributed by atoms with Gasteiger partial charge in [-0.2, -0.15) is 4.99 Å². The highest BCUT2D eigenvalue weighted by Crippen LogP contribution is 2.32. The highest BCUT2D eigenvalue weighted by atomic mass is 35.5. The van der Waals surface area contributed by atoms with Crippen molar-refractivity contribution in [3.8, 4) is 11.1 Å². The smallest absolute Gasteiger partial charge is 0.435 e. The molecule has 0 unspecified atom stereocenters. The molecule has 0 heterocycles. The fourth-order valence-corrected chi connectivity index (χ4v) is 5.96. The average molecular weight is 774 g/mol. The van der Waals surface area contributed by atoms with Crippen LogP contribution >= 0.6 is 23.2 Å². The van der Waals surface area contributed by atoms with Crippen LogP contribution in [0.4, 0.5) is 4.79 Å². The summed E-state index contributed by atoms with van der Waals surface area (Å²) in [7, 11) is 1.47. The second kappa shape index (κ2) is 19.0. The lowest BCUT2D eigenvalue weighted by Gasteiger charge is -2.20. The van der Waals surface area contributed by atoms with E-state index in [4.69, 9.17) is 38.4 Å². The predicted molar refractivity (Wildman–Crippen MR) is 209 cm³/mol. The number of amides is 3. The summed E-state index contributed by atoms with van der Waals surface area (Å²) in [6.45, 7) is 4.81. The minimum atomic E-state index is -1.24. The molecule has 0 spiro atoms. The van der Waals surface area contributed by atoms with Crippen LogP contribution in [0.5, 0.6) is 0 Å².